The van der Waals surface area contributed by atoms with Gasteiger partial charge in [0, 0.05) is 18.2 Å². The van der Waals surface area contributed by atoms with E-state index in [0.717, 1.165) is 11.5 Å². The molecular formula is C11H16N4. The van der Waals surface area contributed by atoms with E-state index in [9.17, 15) is 0 Å². The Morgan fingerprint density at radius 3 is 2.80 bits per heavy atom. The molecule has 0 atom stereocenters. The highest BCUT2D eigenvalue weighted by molar-refractivity contribution is 5.41. The summed E-state index contributed by atoms with van der Waals surface area (Å²) in [5.74, 6) is 0.917. The number of nitrogens with zero attached hydrogens (tertiary/aromatic N) is 3. The van der Waals surface area contributed by atoms with E-state index in [1.165, 1.54) is 5.56 Å². The van der Waals surface area contributed by atoms with Gasteiger partial charge in [0.2, 0.25) is 0 Å². The summed E-state index contributed by atoms with van der Waals surface area (Å²) in [6, 6.07) is 4.07. The Balaban J connectivity index is 2.64. The number of aromatic nitrogens is 3. The molecule has 2 N–H and O–H groups in total. The monoisotopic (exact) mass is 204 g/mol. The van der Waals surface area contributed by atoms with Crippen LogP contribution in [0.25, 0.3) is 5.65 Å². The largest absolute Gasteiger partial charge is 0.329 e. The highest BCUT2D eigenvalue weighted by Gasteiger charge is 2.24. The standard InChI is InChI=1S/C11H16N4/c1-8-4-5-15-9(6-8)13-14-10(15)11(2,3)7-12/h4-6H,7,12H2,1-3H3. The zero-order valence-corrected chi connectivity index (χ0v) is 9.36. The first-order valence-electron chi connectivity index (χ1n) is 5.06. The third-order valence-corrected chi connectivity index (χ3v) is 2.68. The first-order valence-corrected chi connectivity index (χ1v) is 5.06. The molecule has 2 aromatic rings. The predicted octanol–water partition coefficient (Wildman–Crippen LogP) is 1.27. The maximum atomic E-state index is 5.74. The van der Waals surface area contributed by atoms with Crippen LogP contribution in [0.4, 0.5) is 0 Å². The van der Waals surface area contributed by atoms with Crippen molar-refractivity contribution >= 4 is 5.65 Å². The molecule has 0 aliphatic rings. The molecule has 2 aromatic heterocycles. The first kappa shape index (κ1) is 10.1. The summed E-state index contributed by atoms with van der Waals surface area (Å²) in [5, 5.41) is 8.36. The van der Waals surface area contributed by atoms with Gasteiger partial charge in [-0.25, -0.2) is 0 Å². The van der Waals surface area contributed by atoms with Crippen molar-refractivity contribution in [1.29, 1.82) is 0 Å². The van der Waals surface area contributed by atoms with E-state index in [-0.39, 0.29) is 5.41 Å². The maximum absolute atomic E-state index is 5.74. The highest BCUT2D eigenvalue weighted by Crippen LogP contribution is 2.20. The summed E-state index contributed by atoms with van der Waals surface area (Å²) in [5.41, 5.74) is 7.66. The van der Waals surface area contributed by atoms with Gasteiger partial charge in [-0.2, -0.15) is 0 Å². The van der Waals surface area contributed by atoms with Gasteiger partial charge >= 0.3 is 0 Å². The molecule has 0 aliphatic carbocycles. The second-order valence-corrected chi connectivity index (χ2v) is 4.54. The van der Waals surface area contributed by atoms with Gasteiger partial charge < -0.3 is 5.73 Å². The fraction of sp³-hybridized carbons (Fsp3) is 0.455. The average Bonchev–Trinajstić information content (AvgIpc) is 2.61. The lowest BCUT2D eigenvalue weighted by Gasteiger charge is -2.19. The molecular weight excluding hydrogens is 188 g/mol. The Labute approximate surface area is 89.1 Å². The van der Waals surface area contributed by atoms with Gasteiger partial charge in [0.25, 0.3) is 0 Å². The third kappa shape index (κ3) is 1.61. The SMILES string of the molecule is Cc1ccn2c(C(C)(C)CN)nnc2c1. The molecule has 2 rings (SSSR count). The van der Waals surface area contributed by atoms with Crippen LogP contribution in [-0.4, -0.2) is 21.1 Å². The molecule has 80 valence electrons. The molecule has 0 bridgehead atoms. The van der Waals surface area contributed by atoms with Crippen molar-refractivity contribution in [2.24, 2.45) is 5.73 Å². The summed E-state index contributed by atoms with van der Waals surface area (Å²) in [6.45, 7) is 6.75. The van der Waals surface area contributed by atoms with Crippen LogP contribution in [-0.2, 0) is 5.41 Å². The van der Waals surface area contributed by atoms with Gasteiger partial charge in [0.1, 0.15) is 5.82 Å². The molecule has 0 aliphatic heterocycles. The Morgan fingerprint density at radius 2 is 2.13 bits per heavy atom. The van der Waals surface area contributed by atoms with Gasteiger partial charge in [0.05, 0.1) is 0 Å². The van der Waals surface area contributed by atoms with E-state index in [0.29, 0.717) is 6.54 Å². The van der Waals surface area contributed by atoms with Crippen LogP contribution in [0.3, 0.4) is 0 Å². The Kier molecular flexibility index (Phi) is 2.23. The van der Waals surface area contributed by atoms with E-state index in [1.54, 1.807) is 0 Å². The lowest BCUT2D eigenvalue weighted by Crippen LogP contribution is -2.30. The molecule has 0 amide bonds. The summed E-state index contributed by atoms with van der Waals surface area (Å²) < 4.78 is 2.00. The molecule has 15 heavy (non-hydrogen) atoms. The molecule has 0 fully saturated rings. The Bertz CT molecular complexity index is 484. The maximum Gasteiger partial charge on any atom is 0.161 e. The zero-order valence-electron chi connectivity index (χ0n) is 9.36. The van der Waals surface area contributed by atoms with E-state index in [4.69, 9.17) is 5.73 Å². The Morgan fingerprint density at radius 1 is 1.40 bits per heavy atom. The second kappa shape index (κ2) is 3.31. The van der Waals surface area contributed by atoms with Crippen molar-refractivity contribution < 1.29 is 0 Å². The van der Waals surface area contributed by atoms with Gasteiger partial charge in [-0.15, -0.1) is 10.2 Å². The fourth-order valence-corrected chi connectivity index (χ4v) is 1.55. The van der Waals surface area contributed by atoms with Crippen molar-refractivity contribution in [2.45, 2.75) is 26.2 Å². The van der Waals surface area contributed by atoms with E-state index >= 15 is 0 Å². The number of fused-ring (bicyclic) bond motifs is 1. The number of rotatable bonds is 2. The molecule has 0 unspecified atom stereocenters. The fourth-order valence-electron chi connectivity index (χ4n) is 1.55. The molecule has 0 saturated carbocycles. The van der Waals surface area contributed by atoms with Crippen LogP contribution in [0, 0.1) is 6.92 Å². The smallest absolute Gasteiger partial charge is 0.161 e. The van der Waals surface area contributed by atoms with E-state index in [2.05, 4.69) is 24.0 Å². The van der Waals surface area contributed by atoms with Crippen LogP contribution in [0.1, 0.15) is 25.2 Å². The summed E-state index contributed by atoms with van der Waals surface area (Å²) in [6.07, 6.45) is 2.00. The normalized spacial score (nSPS) is 12.3. The van der Waals surface area contributed by atoms with Crippen molar-refractivity contribution in [1.82, 2.24) is 14.6 Å². The van der Waals surface area contributed by atoms with Gasteiger partial charge in [-0.3, -0.25) is 4.40 Å². The second-order valence-electron chi connectivity index (χ2n) is 4.54. The molecule has 0 radical (unpaired) electrons. The molecule has 0 spiro atoms. The third-order valence-electron chi connectivity index (χ3n) is 2.68. The van der Waals surface area contributed by atoms with Gasteiger partial charge in [0.15, 0.2) is 5.65 Å². The van der Waals surface area contributed by atoms with Crippen LogP contribution in [0.2, 0.25) is 0 Å². The van der Waals surface area contributed by atoms with Crippen LogP contribution >= 0.6 is 0 Å². The Hall–Kier alpha value is -1.42. The number of hydrogen-bond donors (Lipinski definition) is 1. The van der Waals surface area contributed by atoms with E-state index < -0.39 is 0 Å². The van der Waals surface area contributed by atoms with Crippen molar-refractivity contribution in [3.05, 3.63) is 29.7 Å². The highest BCUT2D eigenvalue weighted by atomic mass is 15.3. The molecule has 4 nitrogen and oxygen atoms in total. The predicted molar refractivity (Wildman–Crippen MR) is 59.8 cm³/mol. The molecule has 0 aromatic carbocycles. The minimum Gasteiger partial charge on any atom is -0.329 e. The lowest BCUT2D eigenvalue weighted by molar-refractivity contribution is 0.497. The minimum atomic E-state index is -0.144. The summed E-state index contributed by atoms with van der Waals surface area (Å²) in [7, 11) is 0. The van der Waals surface area contributed by atoms with Crippen molar-refractivity contribution in [3.63, 3.8) is 0 Å². The summed E-state index contributed by atoms with van der Waals surface area (Å²) >= 11 is 0. The van der Waals surface area contributed by atoms with Crippen LogP contribution in [0.15, 0.2) is 18.3 Å². The zero-order chi connectivity index (χ0) is 11.1. The van der Waals surface area contributed by atoms with Gasteiger partial charge in [-0.05, 0) is 24.6 Å². The average molecular weight is 204 g/mol. The van der Waals surface area contributed by atoms with Crippen LogP contribution < -0.4 is 5.73 Å². The lowest BCUT2D eigenvalue weighted by atomic mass is 9.93. The van der Waals surface area contributed by atoms with Crippen molar-refractivity contribution in [2.75, 3.05) is 6.54 Å². The number of pyridine rings is 1. The molecule has 2 heterocycles. The number of aryl methyl sites for hydroxylation is 1. The quantitative estimate of drug-likeness (QED) is 0.801. The van der Waals surface area contributed by atoms with Gasteiger partial charge in [-0.1, -0.05) is 13.8 Å². The van der Waals surface area contributed by atoms with Crippen LogP contribution in [0.5, 0.6) is 0 Å². The topological polar surface area (TPSA) is 56.2 Å². The molecule has 4 heteroatoms. The minimum absolute atomic E-state index is 0.144. The number of nitrogens with two attached hydrogens (primary N) is 1. The van der Waals surface area contributed by atoms with Crippen molar-refractivity contribution in [3.8, 4) is 0 Å². The first-order chi connectivity index (χ1) is 7.04. The number of hydrogen-bond acceptors (Lipinski definition) is 3. The van der Waals surface area contributed by atoms with E-state index in [1.807, 2.05) is 29.7 Å². The summed E-state index contributed by atoms with van der Waals surface area (Å²) in [4.78, 5) is 0. The molecule has 0 saturated heterocycles.